The number of hydrogen-bond donors (Lipinski definition) is 4. The third kappa shape index (κ3) is 4.52. The van der Waals surface area contributed by atoms with Gasteiger partial charge in [-0.25, -0.2) is 0 Å². The Kier molecular flexibility index (Phi) is 5.29. The van der Waals surface area contributed by atoms with E-state index in [-0.39, 0.29) is 19.4 Å². The molecule has 0 saturated heterocycles. The Bertz CT molecular complexity index is 417. The largest absolute Gasteiger partial charge is 0.481 e. The van der Waals surface area contributed by atoms with Gasteiger partial charge in [0.2, 0.25) is 5.91 Å². The topological polar surface area (TPSA) is 113 Å². The molecule has 0 aliphatic carbocycles. The van der Waals surface area contributed by atoms with E-state index in [0.29, 0.717) is 5.69 Å². The summed E-state index contributed by atoms with van der Waals surface area (Å²) in [6, 6.07) is 5.80. The summed E-state index contributed by atoms with van der Waals surface area (Å²) in [5, 5.41) is 19.9. The Hall–Kier alpha value is -1.92. The molecule has 0 spiro atoms. The number of rotatable bonds is 6. The number of nitrogens with two attached hydrogens (primary N) is 1. The lowest BCUT2D eigenvalue weighted by atomic mass is 10.1. The molecular formula is C12H16N2O4. The average Bonchev–Trinajstić information content (AvgIpc) is 2.36. The highest BCUT2D eigenvalue weighted by atomic mass is 16.4. The number of carboxylic acids is 1. The second kappa shape index (κ2) is 6.73. The highest BCUT2D eigenvalue weighted by molar-refractivity contribution is 5.94. The van der Waals surface area contributed by atoms with Crippen LogP contribution in [0.5, 0.6) is 0 Å². The molecule has 5 N–H and O–H groups in total. The molecule has 98 valence electrons. The van der Waals surface area contributed by atoms with Crippen LogP contribution < -0.4 is 11.1 Å². The normalized spacial score (nSPS) is 11.9. The van der Waals surface area contributed by atoms with Gasteiger partial charge in [-0.1, -0.05) is 12.1 Å². The number of anilines is 1. The molecule has 6 heteroatoms. The highest BCUT2D eigenvalue weighted by Gasteiger charge is 2.14. The van der Waals surface area contributed by atoms with Crippen molar-refractivity contribution >= 4 is 17.6 Å². The summed E-state index contributed by atoms with van der Waals surface area (Å²) in [6.45, 7) is -0.0631. The number of carboxylic acid groups (broad SMARTS) is 1. The van der Waals surface area contributed by atoms with E-state index in [1.165, 1.54) is 0 Å². The molecule has 1 atom stereocenters. The number of benzene rings is 1. The van der Waals surface area contributed by atoms with Crippen molar-refractivity contribution < 1.29 is 19.8 Å². The summed E-state index contributed by atoms with van der Waals surface area (Å²) in [6.07, 6.45) is -0.0477. The van der Waals surface area contributed by atoms with Crippen LogP contribution in [-0.4, -0.2) is 28.1 Å². The predicted molar refractivity (Wildman–Crippen MR) is 65.8 cm³/mol. The van der Waals surface area contributed by atoms with Gasteiger partial charge in [-0.05, 0) is 24.1 Å². The second-order valence-corrected chi connectivity index (χ2v) is 3.88. The van der Waals surface area contributed by atoms with Crippen LogP contribution in [0.15, 0.2) is 24.3 Å². The van der Waals surface area contributed by atoms with Crippen molar-refractivity contribution in [3.8, 4) is 0 Å². The number of carbonyl (C=O) groups is 2. The third-order valence-electron chi connectivity index (χ3n) is 2.41. The first-order chi connectivity index (χ1) is 8.52. The van der Waals surface area contributed by atoms with Gasteiger partial charge in [0, 0.05) is 12.1 Å². The van der Waals surface area contributed by atoms with Crippen molar-refractivity contribution in [2.75, 3.05) is 5.32 Å². The zero-order chi connectivity index (χ0) is 13.5. The SMILES string of the molecule is N[C@@H](CCC(=O)O)C(=O)Nc1ccc(CO)cc1. The van der Waals surface area contributed by atoms with Crippen LogP contribution in [0.25, 0.3) is 0 Å². The fraction of sp³-hybridized carbons (Fsp3) is 0.333. The van der Waals surface area contributed by atoms with Crippen LogP contribution in [0, 0.1) is 0 Å². The molecular weight excluding hydrogens is 236 g/mol. The number of aliphatic hydroxyl groups excluding tert-OH is 1. The minimum Gasteiger partial charge on any atom is -0.481 e. The Morgan fingerprint density at radius 2 is 1.89 bits per heavy atom. The molecule has 0 fully saturated rings. The lowest BCUT2D eigenvalue weighted by molar-refractivity contribution is -0.137. The van der Waals surface area contributed by atoms with Gasteiger partial charge in [0.05, 0.1) is 12.6 Å². The van der Waals surface area contributed by atoms with Crippen molar-refractivity contribution in [1.29, 1.82) is 0 Å². The molecule has 0 saturated carbocycles. The zero-order valence-corrected chi connectivity index (χ0v) is 9.80. The van der Waals surface area contributed by atoms with Crippen LogP contribution in [-0.2, 0) is 16.2 Å². The van der Waals surface area contributed by atoms with Crippen molar-refractivity contribution in [3.63, 3.8) is 0 Å². The van der Waals surface area contributed by atoms with Crippen LogP contribution >= 0.6 is 0 Å². The third-order valence-corrected chi connectivity index (χ3v) is 2.41. The van der Waals surface area contributed by atoms with Crippen LogP contribution in [0.3, 0.4) is 0 Å². The van der Waals surface area contributed by atoms with Gasteiger partial charge in [-0.3, -0.25) is 9.59 Å². The maximum Gasteiger partial charge on any atom is 0.303 e. The van der Waals surface area contributed by atoms with Crippen molar-refractivity contribution in [2.45, 2.75) is 25.5 Å². The van der Waals surface area contributed by atoms with Gasteiger partial charge < -0.3 is 21.3 Å². The molecule has 0 radical (unpaired) electrons. The summed E-state index contributed by atoms with van der Waals surface area (Å²) in [4.78, 5) is 21.9. The number of amides is 1. The molecule has 0 aromatic heterocycles. The number of carbonyl (C=O) groups excluding carboxylic acids is 1. The van der Waals surface area contributed by atoms with E-state index in [1.54, 1.807) is 24.3 Å². The molecule has 1 rings (SSSR count). The van der Waals surface area contributed by atoms with Crippen LogP contribution in [0.1, 0.15) is 18.4 Å². The summed E-state index contributed by atoms with van der Waals surface area (Å²) >= 11 is 0. The van der Waals surface area contributed by atoms with Gasteiger partial charge in [0.15, 0.2) is 0 Å². The van der Waals surface area contributed by atoms with Crippen LogP contribution in [0.4, 0.5) is 5.69 Å². The number of aliphatic carboxylic acids is 1. The Labute approximate surface area is 104 Å². The molecule has 0 heterocycles. The zero-order valence-electron chi connectivity index (χ0n) is 9.80. The van der Waals surface area contributed by atoms with E-state index in [4.69, 9.17) is 15.9 Å². The van der Waals surface area contributed by atoms with E-state index < -0.39 is 17.9 Å². The van der Waals surface area contributed by atoms with Crippen molar-refractivity contribution in [2.24, 2.45) is 5.73 Å². The molecule has 0 unspecified atom stereocenters. The molecule has 0 aliphatic heterocycles. The Balaban J connectivity index is 2.49. The van der Waals surface area contributed by atoms with E-state index in [2.05, 4.69) is 5.32 Å². The van der Waals surface area contributed by atoms with Crippen LogP contribution in [0.2, 0.25) is 0 Å². The predicted octanol–water partition coefficient (Wildman–Crippen LogP) is 0.309. The van der Waals surface area contributed by atoms with Gasteiger partial charge in [0.25, 0.3) is 0 Å². The standard InChI is InChI=1S/C12H16N2O4/c13-10(5-6-11(16)17)12(18)14-9-3-1-8(7-15)2-4-9/h1-4,10,15H,5-7,13H2,(H,14,18)(H,16,17)/t10-/m0/s1. The molecule has 0 aliphatic rings. The number of aliphatic hydroxyl groups is 1. The fourth-order valence-electron chi connectivity index (χ4n) is 1.34. The first kappa shape index (κ1) is 14.1. The van der Waals surface area contributed by atoms with Gasteiger partial charge >= 0.3 is 5.97 Å². The Morgan fingerprint density at radius 3 is 2.39 bits per heavy atom. The van der Waals surface area contributed by atoms with Gasteiger partial charge in [-0.15, -0.1) is 0 Å². The fourth-order valence-corrected chi connectivity index (χ4v) is 1.34. The lowest BCUT2D eigenvalue weighted by Crippen LogP contribution is -2.36. The van der Waals surface area contributed by atoms with E-state index in [9.17, 15) is 9.59 Å². The number of hydrogen-bond acceptors (Lipinski definition) is 4. The summed E-state index contributed by atoms with van der Waals surface area (Å²) < 4.78 is 0. The second-order valence-electron chi connectivity index (χ2n) is 3.88. The monoisotopic (exact) mass is 252 g/mol. The first-order valence-corrected chi connectivity index (χ1v) is 5.51. The molecule has 1 aromatic rings. The molecule has 6 nitrogen and oxygen atoms in total. The van der Waals surface area contributed by atoms with E-state index in [0.717, 1.165) is 5.56 Å². The van der Waals surface area contributed by atoms with Gasteiger partial charge in [-0.2, -0.15) is 0 Å². The quantitative estimate of drug-likeness (QED) is 0.582. The smallest absolute Gasteiger partial charge is 0.303 e. The van der Waals surface area contributed by atoms with E-state index >= 15 is 0 Å². The molecule has 0 bridgehead atoms. The minimum absolute atomic E-state index is 0.0631. The summed E-state index contributed by atoms with van der Waals surface area (Å²) in [5.41, 5.74) is 6.85. The first-order valence-electron chi connectivity index (χ1n) is 5.51. The highest BCUT2D eigenvalue weighted by Crippen LogP contribution is 2.10. The maximum absolute atomic E-state index is 11.6. The molecule has 18 heavy (non-hydrogen) atoms. The van der Waals surface area contributed by atoms with Gasteiger partial charge in [0.1, 0.15) is 0 Å². The summed E-state index contributed by atoms with van der Waals surface area (Å²) in [7, 11) is 0. The maximum atomic E-state index is 11.6. The molecule has 1 amide bonds. The molecule has 1 aromatic carbocycles. The van der Waals surface area contributed by atoms with Crippen molar-refractivity contribution in [3.05, 3.63) is 29.8 Å². The Morgan fingerprint density at radius 1 is 1.28 bits per heavy atom. The van der Waals surface area contributed by atoms with E-state index in [1.807, 2.05) is 0 Å². The van der Waals surface area contributed by atoms with Crippen molar-refractivity contribution in [1.82, 2.24) is 0 Å². The number of nitrogens with one attached hydrogen (secondary N) is 1. The average molecular weight is 252 g/mol. The lowest BCUT2D eigenvalue weighted by Gasteiger charge is -2.11. The summed E-state index contributed by atoms with van der Waals surface area (Å²) in [5.74, 6) is -1.40. The minimum atomic E-state index is -0.981.